The maximum absolute atomic E-state index is 12.4. The van der Waals surface area contributed by atoms with Crippen LogP contribution in [0, 0.1) is 5.41 Å². The molecule has 4 nitrogen and oxygen atoms in total. The van der Waals surface area contributed by atoms with Gasteiger partial charge in [-0.2, -0.15) is 0 Å². The zero-order chi connectivity index (χ0) is 20.9. The molecule has 0 bridgehead atoms. The van der Waals surface area contributed by atoms with Crippen LogP contribution in [0.4, 0.5) is 13.2 Å². The van der Waals surface area contributed by atoms with E-state index in [0.29, 0.717) is 11.1 Å². The number of ether oxygens (including phenoxy) is 1. The van der Waals surface area contributed by atoms with E-state index in [-0.39, 0.29) is 17.0 Å². The SMILES string of the molecule is N=C(C(=Cc1ccccc1)C(O)c1cccnc1)c1ccc(OC(F)(F)F)cc1. The highest BCUT2D eigenvalue weighted by molar-refractivity contribution is 6.13. The molecule has 0 aliphatic rings. The third kappa shape index (κ3) is 5.52. The number of alkyl halides is 3. The molecular formula is C22H17F3N2O2. The summed E-state index contributed by atoms with van der Waals surface area (Å²) in [4.78, 5) is 3.99. The standard InChI is InChI=1S/C22H17F3N2O2/c23-22(24,25)29-18-10-8-16(9-11-18)20(26)19(13-15-5-2-1-3-6-15)21(28)17-7-4-12-27-14-17/h1-14,21,26,28H. The van der Waals surface area contributed by atoms with Crippen molar-refractivity contribution in [3.8, 4) is 5.75 Å². The number of hydrogen-bond acceptors (Lipinski definition) is 4. The molecule has 1 heterocycles. The summed E-state index contributed by atoms with van der Waals surface area (Å²) in [6.07, 6.45) is -1.19. The fourth-order valence-electron chi connectivity index (χ4n) is 2.72. The number of nitrogens with zero attached hydrogens (tertiary/aromatic N) is 1. The second-order valence-corrected chi connectivity index (χ2v) is 6.15. The van der Waals surface area contributed by atoms with Crippen molar-refractivity contribution in [1.82, 2.24) is 4.98 Å². The zero-order valence-electron chi connectivity index (χ0n) is 15.1. The highest BCUT2D eigenvalue weighted by atomic mass is 19.4. The average molecular weight is 398 g/mol. The third-order valence-electron chi connectivity index (χ3n) is 4.08. The molecule has 0 saturated carbocycles. The van der Waals surface area contributed by atoms with Gasteiger partial charge in [-0.15, -0.1) is 13.2 Å². The summed E-state index contributed by atoms with van der Waals surface area (Å²) < 4.78 is 40.9. The van der Waals surface area contributed by atoms with Crippen LogP contribution in [0.15, 0.2) is 84.7 Å². The van der Waals surface area contributed by atoms with Crippen molar-refractivity contribution in [1.29, 1.82) is 5.41 Å². The van der Waals surface area contributed by atoms with E-state index in [1.807, 2.05) is 30.3 Å². The van der Waals surface area contributed by atoms with Gasteiger partial charge in [-0.3, -0.25) is 10.4 Å². The molecule has 7 heteroatoms. The minimum absolute atomic E-state index is 0.0243. The topological polar surface area (TPSA) is 66.2 Å². The summed E-state index contributed by atoms with van der Waals surface area (Å²) in [7, 11) is 0. The predicted molar refractivity (Wildman–Crippen MR) is 104 cm³/mol. The molecule has 0 aliphatic heterocycles. The van der Waals surface area contributed by atoms with E-state index in [1.54, 1.807) is 24.4 Å². The Morgan fingerprint density at radius 1 is 1.00 bits per heavy atom. The predicted octanol–water partition coefficient (Wildman–Crippen LogP) is 5.17. The summed E-state index contributed by atoms with van der Waals surface area (Å²) in [5.74, 6) is -0.379. The van der Waals surface area contributed by atoms with E-state index in [0.717, 1.165) is 17.7 Å². The van der Waals surface area contributed by atoms with Gasteiger partial charge in [0.25, 0.3) is 0 Å². The van der Waals surface area contributed by atoms with Crippen LogP contribution in [0.3, 0.4) is 0 Å². The molecule has 2 aromatic carbocycles. The number of hydrogen-bond donors (Lipinski definition) is 2. The Morgan fingerprint density at radius 3 is 2.28 bits per heavy atom. The maximum Gasteiger partial charge on any atom is 0.573 e. The lowest BCUT2D eigenvalue weighted by Gasteiger charge is -2.17. The van der Waals surface area contributed by atoms with E-state index in [2.05, 4.69) is 9.72 Å². The van der Waals surface area contributed by atoms with Gasteiger partial charge in [0.1, 0.15) is 11.9 Å². The van der Waals surface area contributed by atoms with Crippen molar-refractivity contribution in [2.45, 2.75) is 12.5 Å². The summed E-state index contributed by atoms with van der Waals surface area (Å²) >= 11 is 0. The number of pyridine rings is 1. The lowest BCUT2D eigenvalue weighted by Crippen LogP contribution is -2.17. The van der Waals surface area contributed by atoms with Crippen molar-refractivity contribution in [3.05, 3.63) is 101 Å². The monoisotopic (exact) mass is 398 g/mol. The van der Waals surface area contributed by atoms with Gasteiger partial charge in [0.05, 0.1) is 5.71 Å². The van der Waals surface area contributed by atoms with Crippen molar-refractivity contribution in [2.75, 3.05) is 0 Å². The fraction of sp³-hybridized carbons (Fsp3) is 0.0909. The molecule has 0 fully saturated rings. The van der Waals surface area contributed by atoms with Crippen molar-refractivity contribution < 1.29 is 23.0 Å². The molecular weight excluding hydrogens is 381 g/mol. The first kappa shape index (κ1) is 20.3. The normalized spacial score (nSPS) is 13.0. The molecule has 1 aromatic heterocycles. The maximum atomic E-state index is 12.4. The van der Waals surface area contributed by atoms with Crippen LogP contribution >= 0.6 is 0 Å². The second-order valence-electron chi connectivity index (χ2n) is 6.15. The molecule has 0 aliphatic carbocycles. The number of benzene rings is 2. The molecule has 3 rings (SSSR count). The number of aliphatic hydroxyl groups excluding tert-OH is 1. The van der Waals surface area contributed by atoms with Crippen molar-refractivity contribution in [3.63, 3.8) is 0 Å². The number of nitrogens with one attached hydrogen (secondary N) is 1. The Balaban J connectivity index is 1.95. The molecule has 29 heavy (non-hydrogen) atoms. The van der Waals surface area contributed by atoms with E-state index >= 15 is 0 Å². The molecule has 1 atom stereocenters. The largest absolute Gasteiger partial charge is 0.573 e. The molecule has 0 amide bonds. The van der Waals surface area contributed by atoms with Crippen LogP contribution in [0.5, 0.6) is 5.75 Å². The van der Waals surface area contributed by atoms with Crippen LogP contribution < -0.4 is 4.74 Å². The van der Waals surface area contributed by atoms with Gasteiger partial charge in [-0.25, -0.2) is 0 Å². The first-order valence-corrected chi connectivity index (χ1v) is 8.63. The molecule has 148 valence electrons. The third-order valence-corrected chi connectivity index (χ3v) is 4.08. The minimum Gasteiger partial charge on any atom is -0.406 e. The van der Waals surface area contributed by atoms with Crippen LogP contribution in [-0.2, 0) is 0 Å². The van der Waals surface area contributed by atoms with Gasteiger partial charge in [0.15, 0.2) is 0 Å². The average Bonchev–Trinajstić information content (AvgIpc) is 2.72. The molecule has 3 aromatic rings. The molecule has 0 saturated heterocycles. The lowest BCUT2D eigenvalue weighted by atomic mass is 9.92. The molecule has 0 spiro atoms. The summed E-state index contributed by atoms with van der Waals surface area (Å²) in [5, 5.41) is 19.4. The van der Waals surface area contributed by atoms with Crippen molar-refractivity contribution in [2.24, 2.45) is 0 Å². The Hall–Kier alpha value is -3.45. The summed E-state index contributed by atoms with van der Waals surface area (Å²) in [6.45, 7) is 0. The zero-order valence-corrected chi connectivity index (χ0v) is 15.1. The number of rotatable bonds is 6. The first-order chi connectivity index (χ1) is 13.8. The fourth-order valence-corrected chi connectivity index (χ4v) is 2.72. The molecule has 2 N–H and O–H groups in total. The first-order valence-electron chi connectivity index (χ1n) is 8.63. The van der Waals surface area contributed by atoms with Gasteiger partial charge in [0.2, 0.25) is 0 Å². The van der Waals surface area contributed by atoms with Gasteiger partial charge in [-0.05, 0) is 42.0 Å². The Kier molecular flexibility index (Phi) is 6.09. The van der Waals surface area contributed by atoms with Gasteiger partial charge < -0.3 is 9.84 Å². The highest BCUT2D eigenvalue weighted by Crippen LogP contribution is 2.28. The van der Waals surface area contributed by atoms with Crippen LogP contribution in [0.1, 0.15) is 22.8 Å². The van der Waals surface area contributed by atoms with E-state index < -0.39 is 12.5 Å². The minimum atomic E-state index is -4.79. The Labute approximate surface area is 165 Å². The number of aliphatic hydroxyl groups is 1. The van der Waals surface area contributed by atoms with E-state index in [9.17, 15) is 18.3 Å². The van der Waals surface area contributed by atoms with Crippen LogP contribution in [0.2, 0.25) is 0 Å². The number of aromatic nitrogens is 1. The number of halogens is 3. The smallest absolute Gasteiger partial charge is 0.406 e. The highest BCUT2D eigenvalue weighted by Gasteiger charge is 2.31. The second kappa shape index (κ2) is 8.70. The quantitative estimate of drug-likeness (QED) is 0.564. The summed E-state index contributed by atoms with van der Waals surface area (Å²) in [6, 6.07) is 17.5. The van der Waals surface area contributed by atoms with Gasteiger partial charge in [0, 0.05) is 29.1 Å². The van der Waals surface area contributed by atoms with Crippen LogP contribution in [-0.4, -0.2) is 22.2 Å². The van der Waals surface area contributed by atoms with Gasteiger partial charge >= 0.3 is 6.36 Å². The Bertz CT molecular complexity index is 986. The van der Waals surface area contributed by atoms with Gasteiger partial charge in [-0.1, -0.05) is 36.4 Å². The van der Waals surface area contributed by atoms with Crippen molar-refractivity contribution >= 4 is 11.8 Å². The molecule has 1 unspecified atom stereocenters. The Morgan fingerprint density at radius 2 is 1.69 bits per heavy atom. The summed E-state index contributed by atoms with van der Waals surface area (Å²) in [5.41, 5.74) is 1.87. The van der Waals surface area contributed by atoms with Crippen LogP contribution in [0.25, 0.3) is 6.08 Å². The van der Waals surface area contributed by atoms with E-state index in [1.165, 1.54) is 18.3 Å². The van der Waals surface area contributed by atoms with E-state index in [4.69, 9.17) is 5.41 Å². The molecule has 0 radical (unpaired) electrons. The lowest BCUT2D eigenvalue weighted by molar-refractivity contribution is -0.274.